The fourth-order valence-corrected chi connectivity index (χ4v) is 13.0. The van der Waals surface area contributed by atoms with Crippen molar-refractivity contribution in [1.29, 1.82) is 0 Å². The molecule has 0 saturated carbocycles. The summed E-state index contributed by atoms with van der Waals surface area (Å²) in [6.07, 6.45) is -15.1. The van der Waals surface area contributed by atoms with E-state index in [9.17, 15) is 62.7 Å². The lowest BCUT2D eigenvalue weighted by atomic mass is 10.1. The van der Waals surface area contributed by atoms with E-state index in [4.69, 9.17) is 48.7 Å². The molecule has 7 unspecified atom stereocenters. The molecule has 43 heteroatoms. The number of hydrogen-bond donors (Lipinski definition) is 8. The normalized spacial score (nSPS) is 30.0. The number of aliphatic hydroxyl groups is 3. The van der Waals surface area contributed by atoms with Crippen LogP contribution in [0.15, 0.2) is 34.9 Å². The maximum atomic E-state index is 13.6. The number of aromatic amines is 2. The molecule has 0 radical (unpaired) electrons. The van der Waals surface area contributed by atoms with Crippen LogP contribution in [0.2, 0.25) is 0 Å². The Kier molecular flexibility index (Phi) is 15.8. The second kappa shape index (κ2) is 21.5. The molecule has 0 aromatic carbocycles. The first-order valence-electron chi connectivity index (χ1n) is 21.9. The highest BCUT2D eigenvalue weighted by atomic mass is 31.3. The summed E-state index contributed by atoms with van der Waals surface area (Å²) >= 11 is 0. The first-order chi connectivity index (χ1) is 36.2. The van der Waals surface area contributed by atoms with Gasteiger partial charge in [0.25, 0.3) is 48.4 Å². The van der Waals surface area contributed by atoms with Gasteiger partial charge in [-0.25, -0.2) is 33.1 Å². The van der Waals surface area contributed by atoms with Crippen molar-refractivity contribution in [2.75, 3.05) is 57.9 Å². The average molecular weight is 1170 g/mol. The predicted molar refractivity (Wildman–Crippen MR) is 240 cm³/mol. The minimum absolute atomic E-state index is 0.000620. The molecule has 39 nitrogen and oxygen atoms in total. The highest BCUT2D eigenvalue weighted by molar-refractivity contribution is 7.65. The number of rotatable bonds is 21. The number of H-pyrrole nitrogens is 2. The number of fused-ring (bicyclic) bond motifs is 3. The maximum absolute atomic E-state index is 13.6. The lowest BCUT2D eigenvalue weighted by Crippen LogP contribution is -2.46. The van der Waals surface area contributed by atoms with Crippen molar-refractivity contribution >= 4 is 82.5 Å². The summed E-state index contributed by atoms with van der Waals surface area (Å²) in [6, 6.07) is 0. The Bertz CT molecular complexity index is 3510. The lowest BCUT2D eigenvalue weighted by molar-refractivity contribution is -0.745. The molecule has 10 N–H and O–H groups in total. The molecule has 3 fully saturated rings. The molecule has 0 amide bonds. The van der Waals surface area contributed by atoms with E-state index in [1.54, 1.807) is 0 Å². The molecule has 3 saturated heterocycles. The number of nitrogens with one attached hydrogen (secondary N) is 3. The van der Waals surface area contributed by atoms with Crippen molar-refractivity contribution in [3.63, 3.8) is 0 Å². The lowest BCUT2D eigenvalue weighted by Gasteiger charge is -2.35. The van der Waals surface area contributed by atoms with Crippen molar-refractivity contribution in [2.24, 2.45) is 7.05 Å². The quantitative estimate of drug-likeness (QED) is 0.0246. The van der Waals surface area contributed by atoms with Gasteiger partial charge in [-0.2, -0.15) is 4.98 Å². The van der Waals surface area contributed by atoms with Crippen LogP contribution in [0.5, 0.6) is 0 Å². The van der Waals surface area contributed by atoms with Crippen LogP contribution in [0.3, 0.4) is 0 Å². The number of imidazole rings is 3. The van der Waals surface area contributed by atoms with Crippen LogP contribution in [0.4, 0.5) is 17.7 Å². The van der Waals surface area contributed by atoms with Crippen molar-refractivity contribution in [1.82, 2.24) is 53.6 Å². The summed E-state index contributed by atoms with van der Waals surface area (Å²) < 4.78 is 113. The number of nitrogens with zero attached hydrogens (tertiary/aromatic N) is 10. The summed E-state index contributed by atoms with van der Waals surface area (Å²) in [7, 11) is -19.6. The maximum Gasteiger partial charge on any atom is 0.313 e. The first-order valence-corrected chi connectivity index (χ1v) is 27.8. The smallest absolute Gasteiger partial charge is 0.313 e. The Balaban J connectivity index is 0.872. The Morgan fingerprint density at radius 1 is 0.701 bits per heavy atom. The average Bonchev–Trinajstić information content (AvgIpc) is 4.21. The molecule has 77 heavy (non-hydrogen) atoms. The third-order valence-electron chi connectivity index (χ3n) is 12.0. The zero-order chi connectivity index (χ0) is 55.7. The fourth-order valence-electron chi connectivity index (χ4n) is 8.70. The zero-order valence-electron chi connectivity index (χ0n) is 39.7. The predicted octanol–water partition coefficient (Wildman–Crippen LogP) is -6.13. The van der Waals surface area contributed by atoms with Gasteiger partial charge in [0, 0.05) is 21.3 Å². The van der Waals surface area contributed by atoms with E-state index in [0.29, 0.717) is 0 Å². The van der Waals surface area contributed by atoms with Gasteiger partial charge in [-0.3, -0.25) is 51.5 Å². The number of aryl methyl sites for hydroxylation is 1. The summed E-state index contributed by atoms with van der Waals surface area (Å²) in [4.78, 5) is 106. The topological polar surface area (TPSA) is 549 Å². The van der Waals surface area contributed by atoms with Crippen LogP contribution in [-0.4, -0.2) is 165 Å². The van der Waals surface area contributed by atoms with Gasteiger partial charge in [-0.1, -0.05) is 4.98 Å². The number of phosphoric acid groups is 4. The zero-order valence-corrected chi connectivity index (χ0v) is 43.3. The van der Waals surface area contributed by atoms with Crippen LogP contribution >= 0.6 is 31.3 Å². The minimum atomic E-state index is -6.56. The molecule has 0 spiro atoms. The highest BCUT2D eigenvalue weighted by Crippen LogP contribution is 2.63. The van der Waals surface area contributed by atoms with Crippen molar-refractivity contribution in [3.05, 3.63) is 46.0 Å². The molecule has 9 rings (SSSR count). The van der Waals surface area contributed by atoms with Gasteiger partial charge in [0.05, 0.1) is 39.5 Å². The van der Waals surface area contributed by atoms with Gasteiger partial charge in [0.15, 0.2) is 41.4 Å². The number of anilines is 3. The molecular formula is C34H44N15O24P4-3. The third kappa shape index (κ3) is 11.4. The van der Waals surface area contributed by atoms with Gasteiger partial charge >= 0.3 is 5.65 Å². The fraction of sp³-hybridized carbons (Fsp3) is 0.559. The number of ether oxygens (including phenoxy) is 5. The summed E-state index contributed by atoms with van der Waals surface area (Å²) in [5, 5.41) is 35.6. The Morgan fingerprint density at radius 2 is 1.27 bits per heavy atom. The Labute approximate surface area is 428 Å². The minimum Gasteiger partial charge on any atom is -0.756 e. The summed E-state index contributed by atoms with van der Waals surface area (Å²) in [5.41, 5.74) is 9.72. The van der Waals surface area contributed by atoms with Gasteiger partial charge in [0.1, 0.15) is 66.8 Å². The molecule has 6 aromatic heterocycles. The van der Waals surface area contributed by atoms with Crippen LogP contribution in [0.25, 0.3) is 33.5 Å². The Hall–Kier alpha value is -5.15. The number of phosphoric ester groups is 3. The molecule has 3 aliphatic rings. The first kappa shape index (κ1) is 56.6. The van der Waals surface area contributed by atoms with E-state index in [-0.39, 0.29) is 51.2 Å². The molecule has 0 bridgehead atoms. The SMILES string of the molecule is CNc1ncnc2c1ncn2[C@@H]1O[C@H](COP(=O)([O-])OP(=O)([O-])OP(=O)([O-])OC[C@H]2O[C@@H]([n+]3cn(C)c4c(=O)[nH]c(N)nc43)[C@@H](O)C2OC)C(OP(=O)([O-])OC[C@H]2O[C@@H](n3cnc4c(=O)[nH]c(N)nc43)C(O)[C@H]2O)[C@@H]1OC. The van der Waals surface area contributed by atoms with E-state index in [2.05, 4.69) is 58.3 Å². The van der Waals surface area contributed by atoms with Crippen LogP contribution in [-0.2, 0) is 75.7 Å². The number of aliphatic hydroxyl groups excluding tert-OH is 3. The van der Waals surface area contributed by atoms with Crippen LogP contribution < -0.4 is 52.0 Å². The number of aromatic nitrogens is 12. The number of methoxy groups -OCH3 is 2. The van der Waals surface area contributed by atoms with E-state index in [1.807, 2.05) is 0 Å². The molecule has 6 aromatic rings. The number of hydrogen-bond acceptors (Lipinski definition) is 33. The van der Waals surface area contributed by atoms with Gasteiger partial charge < -0.3 is 93.5 Å². The van der Waals surface area contributed by atoms with Crippen molar-refractivity contribution in [2.45, 2.75) is 73.6 Å². The van der Waals surface area contributed by atoms with E-state index < -0.39 is 136 Å². The second-order valence-electron chi connectivity index (χ2n) is 16.8. The molecule has 16 atom stereocenters. The van der Waals surface area contributed by atoms with E-state index >= 15 is 0 Å². The van der Waals surface area contributed by atoms with Crippen LogP contribution in [0.1, 0.15) is 18.7 Å². The van der Waals surface area contributed by atoms with Gasteiger partial charge in [-0.15, -0.1) is 0 Å². The summed E-state index contributed by atoms with van der Waals surface area (Å²) in [6.45, 7) is -3.55. The second-order valence-corrected chi connectivity index (χ2v) is 22.7. The Morgan fingerprint density at radius 3 is 1.92 bits per heavy atom. The van der Waals surface area contributed by atoms with Crippen molar-refractivity contribution in [3.8, 4) is 0 Å². The highest BCUT2D eigenvalue weighted by Gasteiger charge is 2.52. The molecule has 0 aliphatic carbocycles. The largest absolute Gasteiger partial charge is 0.756 e. The van der Waals surface area contributed by atoms with Gasteiger partial charge in [0.2, 0.25) is 17.7 Å². The molecule has 9 heterocycles. The third-order valence-corrected chi connectivity index (χ3v) is 17.1. The van der Waals surface area contributed by atoms with Crippen molar-refractivity contribution < 1.29 is 108 Å². The molecule has 3 aliphatic heterocycles. The molecule has 422 valence electrons. The number of nitrogens with two attached hydrogens (primary N) is 2. The van der Waals surface area contributed by atoms with E-state index in [0.717, 1.165) is 31.4 Å². The monoisotopic (exact) mass is 1170 g/mol. The number of nitrogen functional groups attached to an aromatic ring is 2. The van der Waals surface area contributed by atoms with Gasteiger partial charge in [-0.05, 0) is 0 Å². The molecular weight excluding hydrogens is 1130 g/mol. The van der Waals surface area contributed by atoms with Crippen LogP contribution in [0, 0.1) is 0 Å². The standard InChI is InChI=1S/C34H47N15O24P4/c1-37-24-15-25(39-8-38-24)47(9-40-15)32-23(64-4)22(71-74(55,56)65-5-12-18(50)19(51)30(68-12)48-10-41-16-26(48)42-33(35)44-28(16)53)14(70-32)7-67-76(59,60)73-77(61,62)72-75(57,58)66-6-13-21(63-3)20(52)31(69-13)49-11-46(2)17-27(49)43-34(36)45-29(17)54/h8-14,18-23,30-32,50-52H,5-7H2,1-4H3,(H10-,35,36,37,38,39,42,43,44,45,53,54,55,56,57,58,59,60,61,62)/p-3/t12-,13-,14-,18+,19?,20+,21?,22?,23+,30-,31-,32-/m1/s1. The van der Waals surface area contributed by atoms with E-state index in [1.165, 1.54) is 40.5 Å². The summed E-state index contributed by atoms with van der Waals surface area (Å²) in [5.74, 6) is -0.394.